The van der Waals surface area contributed by atoms with Crippen LogP contribution >= 0.6 is 11.3 Å². The molecule has 3 heterocycles. The number of halogens is 3. The van der Waals surface area contributed by atoms with Gasteiger partial charge in [0.25, 0.3) is 0 Å². The Morgan fingerprint density at radius 3 is 2.30 bits per heavy atom. The molecule has 40 heavy (non-hydrogen) atoms. The van der Waals surface area contributed by atoms with Crippen molar-refractivity contribution in [2.45, 2.75) is 32.7 Å². The van der Waals surface area contributed by atoms with E-state index in [1.165, 1.54) is 12.1 Å². The standard InChI is InChI=1S/C28H33F3N4O3S2/c1-20-24-5-3-4-6-25(24)39-27(20)35(19-21-7-9-23(10-8-21)38-28(29,30)31)40(37)34-13-11-22(12-14-34)26(36)33-17-15-32(2)16-18-33/h3-10,22H,11-19H2,1-2H3. The third-order valence-electron chi connectivity index (χ3n) is 7.56. The van der Waals surface area contributed by atoms with Crippen molar-refractivity contribution in [3.05, 3.63) is 59.7 Å². The number of hydrogen-bond acceptors (Lipinski definition) is 5. The van der Waals surface area contributed by atoms with Crippen LogP contribution in [0.2, 0.25) is 0 Å². The van der Waals surface area contributed by atoms with Gasteiger partial charge in [-0.1, -0.05) is 30.3 Å². The maximum absolute atomic E-state index is 14.1. The molecule has 0 bridgehead atoms. The molecular weight excluding hydrogens is 561 g/mol. The highest BCUT2D eigenvalue weighted by Crippen LogP contribution is 2.40. The minimum atomic E-state index is -4.76. The van der Waals surface area contributed by atoms with Gasteiger partial charge in [-0.25, -0.2) is 8.51 Å². The fourth-order valence-corrected chi connectivity index (χ4v) is 8.00. The molecule has 12 heteroatoms. The molecule has 2 aromatic carbocycles. The Hall–Kier alpha value is -2.67. The third kappa shape index (κ3) is 6.62. The number of anilines is 1. The third-order valence-corrected chi connectivity index (χ3v) is 10.5. The highest BCUT2D eigenvalue weighted by molar-refractivity contribution is 7.84. The Morgan fingerprint density at radius 2 is 1.68 bits per heavy atom. The van der Waals surface area contributed by atoms with Crippen molar-refractivity contribution in [3.63, 3.8) is 0 Å². The van der Waals surface area contributed by atoms with E-state index in [4.69, 9.17) is 0 Å². The van der Waals surface area contributed by atoms with Gasteiger partial charge in [0, 0.05) is 49.9 Å². The first-order chi connectivity index (χ1) is 19.1. The van der Waals surface area contributed by atoms with Gasteiger partial charge in [0.2, 0.25) is 5.91 Å². The SMILES string of the molecule is Cc1c(N(Cc2ccc(OC(F)(F)F)cc2)S(=O)N2CCC(C(=O)N3CCN(C)CC3)CC2)sc2ccccc12. The van der Waals surface area contributed by atoms with Gasteiger partial charge in [-0.2, -0.15) is 0 Å². The Morgan fingerprint density at radius 1 is 1.02 bits per heavy atom. The summed E-state index contributed by atoms with van der Waals surface area (Å²) in [5.74, 6) is -0.177. The molecule has 0 radical (unpaired) electrons. The van der Waals surface area contributed by atoms with Crippen LogP contribution in [0.5, 0.6) is 5.75 Å². The van der Waals surface area contributed by atoms with Crippen molar-refractivity contribution in [1.29, 1.82) is 0 Å². The van der Waals surface area contributed by atoms with Gasteiger partial charge >= 0.3 is 6.36 Å². The molecule has 0 saturated carbocycles. The van der Waals surface area contributed by atoms with Crippen molar-refractivity contribution in [2.24, 2.45) is 5.92 Å². The van der Waals surface area contributed by atoms with Crippen LogP contribution in [0, 0.1) is 12.8 Å². The minimum absolute atomic E-state index is 0.0719. The molecule has 216 valence electrons. The van der Waals surface area contributed by atoms with Crippen LogP contribution in [-0.4, -0.2) is 76.9 Å². The fourth-order valence-electron chi connectivity index (χ4n) is 5.24. The first-order valence-corrected chi connectivity index (χ1v) is 15.2. The predicted octanol–water partition coefficient (Wildman–Crippen LogP) is 5.18. The molecule has 2 aliphatic heterocycles. The van der Waals surface area contributed by atoms with E-state index in [9.17, 15) is 22.2 Å². The normalized spacial score (nSPS) is 18.7. The molecule has 7 nitrogen and oxygen atoms in total. The zero-order valence-electron chi connectivity index (χ0n) is 22.5. The number of amides is 1. The minimum Gasteiger partial charge on any atom is -0.406 e. The number of hydrogen-bond donors (Lipinski definition) is 0. The lowest BCUT2D eigenvalue weighted by atomic mass is 9.96. The number of likely N-dealkylation sites (N-methyl/N-ethyl adjacent to an activating group) is 1. The molecule has 3 aromatic rings. The van der Waals surface area contributed by atoms with Crippen LogP contribution in [0.4, 0.5) is 18.2 Å². The summed E-state index contributed by atoms with van der Waals surface area (Å²) in [7, 11) is 2.06. The Labute approximate surface area is 238 Å². The zero-order valence-corrected chi connectivity index (χ0v) is 24.2. The van der Waals surface area contributed by atoms with Crippen molar-refractivity contribution < 1.29 is 26.9 Å². The molecule has 0 N–H and O–H groups in total. The average molecular weight is 595 g/mol. The Bertz CT molecular complexity index is 1350. The lowest BCUT2D eigenvalue weighted by molar-refractivity contribution is -0.274. The Balaban J connectivity index is 1.33. The van der Waals surface area contributed by atoms with E-state index >= 15 is 0 Å². The molecule has 1 amide bonds. The smallest absolute Gasteiger partial charge is 0.406 e. The van der Waals surface area contributed by atoms with Crippen molar-refractivity contribution in [3.8, 4) is 5.75 Å². The summed E-state index contributed by atoms with van der Waals surface area (Å²) in [5, 5.41) is 1.93. The average Bonchev–Trinajstić information content (AvgIpc) is 3.27. The summed E-state index contributed by atoms with van der Waals surface area (Å²) in [4.78, 5) is 17.3. The number of carbonyl (C=O) groups excluding carboxylic acids is 1. The summed E-state index contributed by atoms with van der Waals surface area (Å²) in [6, 6.07) is 13.7. The molecule has 1 unspecified atom stereocenters. The van der Waals surface area contributed by atoms with E-state index in [-0.39, 0.29) is 24.1 Å². The van der Waals surface area contributed by atoms with Crippen LogP contribution in [0.1, 0.15) is 24.0 Å². The van der Waals surface area contributed by atoms with E-state index in [2.05, 4.69) is 16.7 Å². The van der Waals surface area contributed by atoms with E-state index in [0.717, 1.165) is 46.8 Å². The van der Waals surface area contributed by atoms with Gasteiger partial charge in [-0.15, -0.1) is 24.5 Å². The maximum Gasteiger partial charge on any atom is 0.573 e. The second-order valence-electron chi connectivity index (χ2n) is 10.3. The molecule has 0 spiro atoms. The van der Waals surface area contributed by atoms with Gasteiger partial charge < -0.3 is 14.5 Å². The monoisotopic (exact) mass is 594 g/mol. The molecule has 1 atom stereocenters. The summed E-state index contributed by atoms with van der Waals surface area (Å²) >= 11 is -0.0103. The summed E-state index contributed by atoms with van der Waals surface area (Å²) in [5.41, 5.74) is 1.71. The summed E-state index contributed by atoms with van der Waals surface area (Å²) < 4.78 is 60.8. The van der Waals surface area contributed by atoms with Crippen LogP contribution in [0.25, 0.3) is 10.1 Å². The highest BCUT2D eigenvalue weighted by Gasteiger charge is 2.34. The topological polar surface area (TPSA) is 56.3 Å². The van der Waals surface area contributed by atoms with Crippen molar-refractivity contribution in [2.75, 3.05) is 50.6 Å². The Kier molecular flexibility index (Phi) is 8.69. The molecule has 2 aliphatic rings. The number of piperidine rings is 1. The predicted molar refractivity (Wildman–Crippen MR) is 152 cm³/mol. The van der Waals surface area contributed by atoms with Gasteiger partial charge in [-0.05, 0) is 61.5 Å². The number of benzene rings is 2. The molecule has 2 fully saturated rings. The van der Waals surface area contributed by atoms with Crippen LogP contribution in [0.15, 0.2) is 48.5 Å². The quantitative estimate of drug-likeness (QED) is 0.379. The number of nitrogens with zero attached hydrogens (tertiary/aromatic N) is 4. The van der Waals surface area contributed by atoms with Crippen LogP contribution in [0.3, 0.4) is 0 Å². The zero-order chi connectivity index (χ0) is 28.4. The number of fused-ring (bicyclic) bond motifs is 1. The van der Waals surface area contributed by atoms with Gasteiger partial charge in [-0.3, -0.25) is 9.10 Å². The number of rotatable bonds is 7. The van der Waals surface area contributed by atoms with Crippen LogP contribution < -0.4 is 9.04 Å². The lowest BCUT2D eigenvalue weighted by Gasteiger charge is -2.38. The number of aryl methyl sites for hydroxylation is 1. The molecule has 1 aromatic heterocycles. The van der Waals surface area contributed by atoms with E-state index < -0.39 is 17.5 Å². The van der Waals surface area contributed by atoms with Gasteiger partial charge in [0.15, 0.2) is 11.2 Å². The van der Waals surface area contributed by atoms with E-state index in [0.29, 0.717) is 31.5 Å². The van der Waals surface area contributed by atoms with Gasteiger partial charge in [0.05, 0.1) is 6.54 Å². The second-order valence-corrected chi connectivity index (χ2v) is 12.8. The number of thiophene rings is 1. The maximum atomic E-state index is 14.1. The largest absolute Gasteiger partial charge is 0.573 e. The van der Waals surface area contributed by atoms with Gasteiger partial charge in [0.1, 0.15) is 10.8 Å². The van der Waals surface area contributed by atoms with Crippen molar-refractivity contribution >= 4 is 43.5 Å². The van der Waals surface area contributed by atoms with Crippen LogP contribution in [-0.2, 0) is 22.5 Å². The number of carbonyl (C=O) groups is 1. The van der Waals surface area contributed by atoms with Crippen molar-refractivity contribution in [1.82, 2.24) is 14.1 Å². The summed E-state index contributed by atoms with van der Waals surface area (Å²) in [6.07, 6.45) is -3.49. The van der Waals surface area contributed by atoms with E-state index in [1.54, 1.807) is 23.5 Å². The van der Waals surface area contributed by atoms with E-state index in [1.807, 2.05) is 44.7 Å². The number of alkyl halides is 3. The number of ether oxygens (including phenoxy) is 1. The molecule has 0 aliphatic carbocycles. The second kappa shape index (κ2) is 12.1. The molecule has 5 rings (SSSR count). The lowest BCUT2D eigenvalue weighted by Crippen LogP contribution is -2.51. The highest BCUT2D eigenvalue weighted by atomic mass is 32.2. The first-order valence-electron chi connectivity index (χ1n) is 13.3. The fraction of sp³-hybridized carbons (Fsp3) is 0.464. The first kappa shape index (κ1) is 28.8. The summed E-state index contributed by atoms with van der Waals surface area (Å²) in [6.45, 7) is 6.53. The molecule has 2 saturated heterocycles. The molecular formula is C28H33F3N4O3S2. The number of piperazine rings is 1.